The molecule has 0 aliphatic heterocycles. The van der Waals surface area contributed by atoms with Crippen LogP contribution in [0, 0.1) is 6.92 Å². The summed E-state index contributed by atoms with van der Waals surface area (Å²) in [6.45, 7) is 2.77. The molecule has 5 heteroatoms. The lowest BCUT2D eigenvalue weighted by Gasteiger charge is -2.12. The van der Waals surface area contributed by atoms with Gasteiger partial charge < -0.3 is 10.1 Å². The minimum absolute atomic E-state index is 0.668. The van der Waals surface area contributed by atoms with Gasteiger partial charge in [0.15, 0.2) is 5.65 Å². The van der Waals surface area contributed by atoms with Crippen molar-refractivity contribution in [2.75, 3.05) is 7.05 Å². The summed E-state index contributed by atoms with van der Waals surface area (Å²) < 4.78 is 7.73. The summed E-state index contributed by atoms with van der Waals surface area (Å²) in [4.78, 5) is 4.20. The third kappa shape index (κ3) is 2.35. The largest absolute Gasteiger partial charge is 0.439 e. The van der Waals surface area contributed by atoms with Crippen molar-refractivity contribution in [1.82, 2.24) is 19.9 Å². The number of benzene rings is 1. The minimum Gasteiger partial charge on any atom is -0.439 e. The zero-order chi connectivity index (χ0) is 13.9. The van der Waals surface area contributed by atoms with Gasteiger partial charge >= 0.3 is 0 Å². The number of hydrogen-bond donors (Lipinski definition) is 1. The van der Waals surface area contributed by atoms with E-state index in [1.165, 1.54) is 6.33 Å². The molecular formula is C15H16N4O. The number of fused-ring (bicyclic) bond motifs is 1. The molecule has 0 amide bonds. The Hall–Kier alpha value is -2.40. The van der Waals surface area contributed by atoms with E-state index in [0.717, 1.165) is 29.1 Å². The van der Waals surface area contributed by atoms with Crippen LogP contribution < -0.4 is 10.1 Å². The molecule has 0 aliphatic rings. The van der Waals surface area contributed by atoms with Crippen LogP contribution in [0.1, 0.15) is 11.1 Å². The maximum absolute atomic E-state index is 6.03. The van der Waals surface area contributed by atoms with Gasteiger partial charge in [-0.1, -0.05) is 18.2 Å². The summed E-state index contributed by atoms with van der Waals surface area (Å²) in [7, 11) is 1.92. The van der Waals surface area contributed by atoms with E-state index < -0.39 is 0 Å². The summed E-state index contributed by atoms with van der Waals surface area (Å²) in [6, 6.07) is 11.9. The van der Waals surface area contributed by atoms with Crippen molar-refractivity contribution in [3.63, 3.8) is 0 Å². The Labute approximate surface area is 117 Å². The predicted octanol–water partition coefficient (Wildman–Crippen LogP) is 2.55. The molecule has 0 saturated heterocycles. The fourth-order valence-corrected chi connectivity index (χ4v) is 2.15. The van der Waals surface area contributed by atoms with E-state index in [-0.39, 0.29) is 0 Å². The number of hydrogen-bond acceptors (Lipinski definition) is 4. The van der Waals surface area contributed by atoms with Crippen molar-refractivity contribution < 1.29 is 4.74 Å². The summed E-state index contributed by atoms with van der Waals surface area (Å²) in [5.74, 6) is 1.49. The quantitative estimate of drug-likeness (QED) is 0.790. The van der Waals surface area contributed by atoms with Gasteiger partial charge in [0.05, 0.1) is 0 Å². The Morgan fingerprint density at radius 3 is 2.95 bits per heavy atom. The van der Waals surface area contributed by atoms with Crippen molar-refractivity contribution >= 4 is 5.65 Å². The molecular weight excluding hydrogens is 252 g/mol. The number of aromatic nitrogens is 3. The van der Waals surface area contributed by atoms with Gasteiger partial charge in [0.2, 0.25) is 5.88 Å². The highest BCUT2D eigenvalue weighted by Crippen LogP contribution is 2.26. The van der Waals surface area contributed by atoms with Crippen molar-refractivity contribution in [3.8, 4) is 11.6 Å². The highest BCUT2D eigenvalue weighted by atomic mass is 16.5. The standard InChI is InChI=1S/C15H16N4O/c1-11-7-14-17-10-18-19(14)15(8-11)20-13-6-4-3-5-12(13)9-16-2/h3-8,10,16H,9H2,1-2H3. The normalized spacial score (nSPS) is 10.9. The lowest BCUT2D eigenvalue weighted by molar-refractivity contribution is 0.440. The number of aryl methyl sites for hydroxylation is 1. The van der Waals surface area contributed by atoms with Crippen LogP contribution in [0.4, 0.5) is 0 Å². The smallest absolute Gasteiger partial charge is 0.222 e. The Morgan fingerprint density at radius 2 is 2.10 bits per heavy atom. The fourth-order valence-electron chi connectivity index (χ4n) is 2.15. The van der Waals surface area contributed by atoms with E-state index in [2.05, 4.69) is 15.4 Å². The molecule has 0 fully saturated rings. The molecule has 2 heterocycles. The first-order valence-electron chi connectivity index (χ1n) is 6.48. The number of rotatable bonds is 4. The Kier molecular flexibility index (Phi) is 3.35. The van der Waals surface area contributed by atoms with Gasteiger partial charge in [0.25, 0.3) is 0 Å². The highest BCUT2D eigenvalue weighted by Gasteiger charge is 2.09. The first kappa shape index (κ1) is 12.6. The molecule has 1 aromatic carbocycles. The average Bonchev–Trinajstić information content (AvgIpc) is 2.89. The van der Waals surface area contributed by atoms with Gasteiger partial charge in [-0.15, -0.1) is 0 Å². The van der Waals surface area contributed by atoms with Crippen molar-refractivity contribution in [2.24, 2.45) is 0 Å². The summed E-state index contributed by atoms with van der Waals surface area (Å²) in [5.41, 5.74) is 2.97. The second kappa shape index (κ2) is 5.30. The summed E-state index contributed by atoms with van der Waals surface area (Å²) >= 11 is 0. The van der Waals surface area contributed by atoms with E-state index >= 15 is 0 Å². The first-order valence-corrected chi connectivity index (χ1v) is 6.48. The van der Waals surface area contributed by atoms with Gasteiger partial charge in [-0.3, -0.25) is 0 Å². The van der Waals surface area contributed by atoms with Crippen LogP contribution in [0.2, 0.25) is 0 Å². The van der Waals surface area contributed by atoms with E-state index in [0.29, 0.717) is 5.88 Å². The Bertz CT molecular complexity index is 736. The number of pyridine rings is 1. The van der Waals surface area contributed by atoms with Gasteiger partial charge in [0, 0.05) is 18.2 Å². The third-order valence-corrected chi connectivity index (χ3v) is 3.05. The van der Waals surface area contributed by atoms with Crippen molar-refractivity contribution in [2.45, 2.75) is 13.5 Å². The molecule has 0 unspecified atom stereocenters. The maximum Gasteiger partial charge on any atom is 0.222 e. The second-order valence-electron chi connectivity index (χ2n) is 4.64. The number of nitrogens with one attached hydrogen (secondary N) is 1. The molecule has 1 N–H and O–H groups in total. The molecule has 5 nitrogen and oxygen atoms in total. The molecule has 2 aromatic heterocycles. The monoisotopic (exact) mass is 268 g/mol. The van der Waals surface area contributed by atoms with Crippen LogP contribution in [-0.2, 0) is 6.54 Å². The van der Waals surface area contributed by atoms with E-state index in [9.17, 15) is 0 Å². The van der Waals surface area contributed by atoms with Crippen LogP contribution in [0.5, 0.6) is 11.6 Å². The van der Waals surface area contributed by atoms with Crippen molar-refractivity contribution in [1.29, 1.82) is 0 Å². The molecule has 0 radical (unpaired) electrons. The maximum atomic E-state index is 6.03. The first-order chi connectivity index (χ1) is 9.78. The molecule has 0 aliphatic carbocycles. The lowest BCUT2D eigenvalue weighted by atomic mass is 10.2. The molecule has 0 atom stereocenters. The Morgan fingerprint density at radius 1 is 1.25 bits per heavy atom. The molecule has 20 heavy (non-hydrogen) atoms. The fraction of sp³-hybridized carbons (Fsp3) is 0.200. The Balaban J connectivity index is 2.03. The van der Waals surface area contributed by atoms with E-state index in [1.807, 2.05) is 50.4 Å². The summed E-state index contributed by atoms with van der Waals surface area (Å²) in [6.07, 6.45) is 1.53. The molecule has 3 aromatic rings. The number of nitrogens with zero attached hydrogens (tertiary/aromatic N) is 3. The predicted molar refractivity (Wildman–Crippen MR) is 77.0 cm³/mol. The van der Waals surface area contributed by atoms with Gasteiger partial charge in [-0.2, -0.15) is 9.61 Å². The average molecular weight is 268 g/mol. The van der Waals surface area contributed by atoms with Crippen LogP contribution in [0.15, 0.2) is 42.7 Å². The van der Waals surface area contributed by atoms with Gasteiger partial charge in [0.1, 0.15) is 12.1 Å². The minimum atomic E-state index is 0.668. The van der Waals surface area contributed by atoms with E-state index in [4.69, 9.17) is 4.74 Å². The molecule has 0 bridgehead atoms. The molecule has 3 rings (SSSR count). The zero-order valence-electron chi connectivity index (χ0n) is 11.5. The highest BCUT2D eigenvalue weighted by molar-refractivity contribution is 5.45. The molecule has 102 valence electrons. The number of para-hydroxylation sites is 1. The van der Waals surface area contributed by atoms with Crippen LogP contribution in [0.3, 0.4) is 0 Å². The molecule has 0 spiro atoms. The van der Waals surface area contributed by atoms with Gasteiger partial charge in [-0.05, 0) is 31.7 Å². The topological polar surface area (TPSA) is 51.5 Å². The SMILES string of the molecule is CNCc1ccccc1Oc1cc(C)cc2ncnn12. The van der Waals surface area contributed by atoms with Crippen LogP contribution in [0.25, 0.3) is 5.65 Å². The van der Waals surface area contributed by atoms with Crippen LogP contribution in [-0.4, -0.2) is 21.6 Å². The van der Waals surface area contributed by atoms with Gasteiger partial charge in [-0.25, -0.2) is 4.98 Å². The lowest BCUT2D eigenvalue weighted by Crippen LogP contribution is -2.07. The summed E-state index contributed by atoms with van der Waals surface area (Å²) in [5, 5.41) is 7.34. The zero-order valence-corrected chi connectivity index (χ0v) is 11.5. The second-order valence-corrected chi connectivity index (χ2v) is 4.64. The van der Waals surface area contributed by atoms with Crippen LogP contribution >= 0.6 is 0 Å². The third-order valence-electron chi connectivity index (χ3n) is 3.05. The number of ether oxygens (including phenoxy) is 1. The molecule has 0 saturated carbocycles. The van der Waals surface area contributed by atoms with Crippen molar-refractivity contribution in [3.05, 3.63) is 53.9 Å². The van der Waals surface area contributed by atoms with E-state index in [1.54, 1.807) is 4.52 Å².